The van der Waals surface area contributed by atoms with Gasteiger partial charge in [0.15, 0.2) is 0 Å². The number of benzene rings is 1. The van der Waals surface area contributed by atoms with E-state index in [-0.39, 0.29) is 29.4 Å². The predicted octanol–water partition coefficient (Wildman–Crippen LogP) is 0.406. The largest absolute Gasteiger partial charge is 0.507 e. The minimum absolute atomic E-state index is 0.000137. The molecule has 2 atom stereocenters. The first-order chi connectivity index (χ1) is 9.51. The lowest BCUT2D eigenvalue weighted by atomic mass is 10.1. The Kier molecular flexibility index (Phi) is 4.21. The van der Waals surface area contributed by atoms with Gasteiger partial charge in [-0.3, -0.25) is 4.79 Å². The highest BCUT2D eigenvalue weighted by Gasteiger charge is 2.29. The molecular weight excluding hydrogens is 264 g/mol. The number of methoxy groups -OCH3 is 1. The second-order valence-corrected chi connectivity index (χ2v) is 4.58. The van der Waals surface area contributed by atoms with E-state index in [2.05, 4.69) is 10.6 Å². The minimum atomic E-state index is -1.25. The van der Waals surface area contributed by atoms with Gasteiger partial charge >= 0.3 is 5.97 Å². The summed E-state index contributed by atoms with van der Waals surface area (Å²) in [6.07, 6.45) is 0.562. The fourth-order valence-corrected chi connectivity index (χ4v) is 2.10. The van der Waals surface area contributed by atoms with E-state index in [0.717, 1.165) is 0 Å². The number of aromatic carboxylic acids is 1. The Balaban J connectivity index is 2.05. The molecule has 1 fully saturated rings. The molecule has 0 spiro atoms. The second kappa shape index (κ2) is 5.89. The van der Waals surface area contributed by atoms with Gasteiger partial charge in [0, 0.05) is 19.3 Å². The number of hydrogen-bond donors (Lipinski definition) is 4. The van der Waals surface area contributed by atoms with E-state index in [4.69, 9.17) is 9.84 Å². The molecule has 1 aromatic rings. The van der Waals surface area contributed by atoms with Gasteiger partial charge in [-0.05, 0) is 24.6 Å². The molecule has 4 N–H and O–H groups in total. The lowest BCUT2D eigenvalue weighted by Crippen LogP contribution is -2.35. The van der Waals surface area contributed by atoms with Gasteiger partial charge in [0.1, 0.15) is 11.3 Å². The summed E-state index contributed by atoms with van der Waals surface area (Å²) in [5, 5.41) is 23.9. The quantitative estimate of drug-likeness (QED) is 0.595. The molecule has 108 valence electrons. The van der Waals surface area contributed by atoms with Gasteiger partial charge in [0.25, 0.3) is 0 Å². The number of carbonyl (C=O) groups is 2. The number of carboxylic acids is 1. The molecule has 1 aliphatic rings. The zero-order valence-electron chi connectivity index (χ0n) is 10.9. The molecule has 1 aromatic carbocycles. The van der Waals surface area contributed by atoms with Crippen LogP contribution in [0.1, 0.15) is 16.8 Å². The van der Waals surface area contributed by atoms with Crippen molar-refractivity contribution in [3.8, 4) is 5.75 Å². The van der Waals surface area contributed by atoms with Gasteiger partial charge in [-0.2, -0.15) is 0 Å². The maximum atomic E-state index is 12.0. The second-order valence-electron chi connectivity index (χ2n) is 4.58. The Bertz CT molecular complexity index is 531. The number of rotatable bonds is 4. The van der Waals surface area contributed by atoms with Crippen molar-refractivity contribution in [2.45, 2.75) is 18.6 Å². The van der Waals surface area contributed by atoms with Crippen molar-refractivity contribution in [3.63, 3.8) is 0 Å². The molecule has 0 aromatic heterocycles. The van der Waals surface area contributed by atoms with Crippen molar-refractivity contribution in [1.82, 2.24) is 5.32 Å². The Morgan fingerprint density at radius 2 is 2.20 bits per heavy atom. The molecule has 2 unspecified atom stereocenters. The molecule has 0 aliphatic carbocycles. The molecule has 0 saturated carbocycles. The Labute approximate surface area is 115 Å². The molecule has 7 nitrogen and oxygen atoms in total. The monoisotopic (exact) mass is 280 g/mol. The summed E-state index contributed by atoms with van der Waals surface area (Å²) in [6.45, 7) is 0.602. The van der Waals surface area contributed by atoms with Crippen molar-refractivity contribution >= 4 is 17.6 Å². The van der Waals surface area contributed by atoms with Gasteiger partial charge in [0.05, 0.1) is 12.1 Å². The predicted molar refractivity (Wildman–Crippen MR) is 70.9 cm³/mol. The third-order valence-electron chi connectivity index (χ3n) is 3.23. The summed E-state index contributed by atoms with van der Waals surface area (Å²) >= 11 is 0. The van der Waals surface area contributed by atoms with Crippen LogP contribution in [0.15, 0.2) is 18.2 Å². The lowest BCUT2D eigenvalue weighted by Gasteiger charge is -2.12. The number of carboxylic acid groups (broad SMARTS) is 1. The maximum absolute atomic E-state index is 12.0. The first-order valence-corrected chi connectivity index (χ1v) is 6.14. The van der Waals surface area contributed by atoms with E-state index in [1.807, 2.05) is 0 Å². The minimum Gasteiger partial charge on any atom is -0.507 e. The van der Waals surface area contributed by atoms with Crippen LogP contribution in [0.2, 0.25) is 0 Å². The third kappa shape index (κ3) is 3.06. The Hall–Kier alpha value is -2.12. The number of nitrogens with one attached hydrogen (secondary N) is 2. The molecule has 0 radical (unpaired) electrons. The first kappa shape index (κ1) is 14.3. The van der Waals surface area contributed by atoms with Crippen LogP contribution in [0, 0.1) is 0 Å². The highest BCUT2D eigenvalue weighted by Crippen LogP contribution is 2.22. The number of carbonyl (C=O) groups excluding carboxylic acids is 1. The first-order valence-electron chi connectivity index (χ1n) is 6.14. The maximum Gasteiger partial charge on any atom is 0.339 e. The summed E-state index contributed by atoms with van der Waals surface area (Å²) in [5.74, 6) is -1.85. The topological polar surface area (TPSA) is 108 Å². The van der Waals surface area contributed by atoms with E-state index in [0.29, 0.717) is 18.7 Å². The van der Waals surface area contributed by atoms with Crippen LogP contribution in [-0.4, -0.2) is 47.9 Å². The average Bonchev–Trinajstić information content (AvgIpc) is 2.89. The summed E-state index contributed by atoms with van der Waals surface area (Å²) in [7, 11) is 1.59. The summed E-state index contributed by atoms with van der Waals surface area (Å²) < 4.78 is 5.15. The van der Waals surface area contributed by atoms with E-state index >= 15 is 0 Å². The number of aromatic hydroxyl groups is 1. The van der Waals surface area contributed by atoms with Crippen LogP contribution in [0.3, 0.4) is 0 Å². The van der Waals surface area contributed by atoms with Gasteiger partial charge < -0.3 is 25.6 Å². The lowest BCUT2D eigenvalue weighted by molar-refractivity contribution is -0.118. The van der Waals surface area contributed by atoms with Crippen LogP contribution in [0.4, 0.5) is 5.69 Å². The van der Waals surface area contributed by atoms with Crippen LogP contribution in [0.25, 0.3) is 0 Å². The van der Waals surface area contributed by atoms with E-state index in [1.165, 1.54) is 18.2 Å². The Morgan fingerprint density at radius 3 is 2.80 bits per heavy atom. The molecule has 0 bridgehead atoms. The van der Waals surface area contributed by atoms with Crippen molar-refractivity contribution in [2.75, 3.05) is 19.0 Å². The van der Waals surface area contributed by atoms with Crippen molar-refractivity contribution < 1.29 is 24.5 Å². The van der Waals surface area contributed by atoms with E-state index in [1.54, 1.807) is 7.11 Å². The zero-order valence-corrected chi connectivity index (χ0v) is 10.9. The van der Waals surface area contributed by atoms with Gasteiger partial charge in [-0.25, -0.2) is 4.79 Å². The zero-order chi connectivity index (χ0) is 14.7. The molecular formula is C13H16N2O5. The normalized spacial score (nSPS) is 21.6. The molecule has 1 saturated heterocycles. The molecule has 1 heterocycles. The van der Waals surface area contributed by atoms with Crippen molar-refractivity contribution in [2.24, 2.45) is 0 Å². The summed E-state index contributed by atoms with van der Waals surface area (Å²) in [4.78, 5) is 22.9. The molecule has 1 aliphatic heterocycles. The third-order valence-corrected chi connectivity index (χ3v) is 3.23. The molecule has 7 heteroatoms. The summed E-state index contributed by atoms with van der Waals surface area (Å²) in [6, 6.07) is 3.53. The van der Waals surface area contributed by atoms with Crippen LogP contribution in [-0.2, 0) is 9.53 Å². The molecule has 2 rings (SSSR count). The van der Waals surface area contributed by atoms with Gasteiger partial charge in [0.2, 0.25) is 5.91 Å². The smallest absolute Gasteiger partial charge is 0.339 e. The van der Waals surface area contributed by atoms with Crippen molar-refractivity contribution in [1.29, 1.82) is 0 Å². The number of amides is 1. The van der Waals surface area contributed by atoms with Crippen LogP contribution < -0.4 is 10.6 Å². The summed E-state index contributed by atoms with van der Waals surface area (Å²) in [5.41, 5.74) is 0.0739. The highest BCUT2D eigenvalue weighted by atomic mass is 16.5. The fourth-order valence-electron chi connectivity index (χ4n) is 2.10. The highest BCUT2D eigenvalue weighted by molar-refractivity contribution is 5.97. The number of anilines is 1. The van der Waals surface area contributed by atoms with Gasteiger partial charge in [-0.1, -0.05) is 0 Å². The number of ether oxygens (including phenoxy) is 1. The van der Waals surface area contributed by atoms with Gasteiger partial charge in [-0.15, -0.1) is 0 Å². The number of hydrogen-bond acceptors (Lipinski definition) is 5. The van der Waals surface area contributed by atoms with E-state index < -0.39 is 5.97 Å². The van der Waals surface area contributed by atoms with Crippen LogP contribution >= 0.6 is 0 Å². The number of phenols is 1. The van der Waals surface area contributed by atoms with Crippen molar-refractivity contribution in [3.05, 3.63) is 23.8 Å². The SMILES string of the molecule is COC1CNC(C(=O)Nc2ccc(O)c(C(=O)O)c2)C1. The standard InChI is InChI=1S/C13H16N2O5/c1-20-8-5-10(14-6-8)12(17)15-7-2-3-11(16)9(4-7)13(18)19/h2-4,8,10,14,16H,5-6H2,1H3,(H,15,17)(H,18,19). The Morgan fingerprint density at radius 1 is 1.45 bits per heavy atom. The molecule has 1 amide bonds. The molecule has 20 heavy (non-hydrogen) atoms. The van der Waals surface area contributed by atoms with Crippen LogP contribution in [0.5, 0.6) is 5.75 Å². The fraction of sp³-hybridized carbons (Fsp3) is 0.385. The average molecular weight is 280 g/mol. The van der Waals surface area contributed by atoms with E-state index in [9.17, 15) is 14.7 Å².